The van der Waals surface area contributed by atoms with Crippen LogP contribution >= 0.6 is 0 Å². The van der Waals surface area contributed by atoms with Gasteiger partial charge in [0.1, 0.15) is 0 Å². The molecular formula is C10H9F3N4O2. The molecule has 19 heavy (non-hydrogen) atoms. The summed E-state index contributed by atoms with van der Waals surface area (Å²) in [5.41, 5.74) is -0.00926. The fraction of sp³-hybridized carbons (Fsp3) is 0.100. The molecule has 0 amide bonds. The Kier molecular flexibility index (Phi) is 4.86. The van der Waals surface area contributed by atoms with Gasteiger partial charge in [0.25, 0.3) is 0 Å². The molecule has 0 aliphatic carbocycles. The van der Waals surface area contributed by atoms with Crippen LogP contribution in [0.15, 0.2) is 36.5 Å². The molecular weight excluding hydrogens is 265 g/mol. The quantitative estimate of drug-likeness (QED) is 0.730. The molecule has 0 bridgehead atoms. The number of aromatic amines is 1. The predicted molar refractivity (Wildman–Crippen MR) is 59.5 cm³/mol. The SMILES string of the molecule is FC(F)(F)Nc1ccccc1.O=C(O)c1cn[nH]n1. The lowest BCUT2D eigenvalue weighted by Crippen LogP contribution is -2.20. The highest BCUT2D eigenvalue weighted by Crippen LogP contribution is 2.18. The fourth-order valence-corrected chi connectivity index (χ4v) is 0.990. The number of nitrogens with zero attached hydrogens (tertiary/aromatic N) is 2. The zero-order valence-electron chi connectivity index (χ0n) is 9.35. The van der Waals surface area contributed by atoms with E-state index in [0.29, 0.717) is 0 Å². The van der Waals surface area contributed by atoms with Gasteiger partial charge >= 0.3 is 12.3 Å². The molecule has 0 unspecified atom stereocenters. The molecule has 0 saturated heterocycles. The first-order valence-electron chi connectivity index (χ1n) is 4.87. The third-order valence-electron chi connectivity index (χ3n) is 1.69. The maximum atomic E-state index is 11.6. The van der Waals surface area contributed by atoms with Gasteiger partial charge in [-0.2, -0.15) is 23.5 Å². The van der Waals surface area contributed by atoms with Gasteiger partial charge in [-0.05, 0) is 12.1 Å². The summed E-state index contributed by atoms with van der Waals surface area (Å²) in [6.45, 7) is 0. The lowest BCUT2D eigenvalue weighted by atomic mass is 10.3. The monoisotopic (exact) mass is 274 g/mol. The Morgan fingerprint density at radius 3 is 2.26 bits per heavy atom. The number of carbonyl (C=O) groups is 1. The fourth-order valence-electron chi connectivity index (χ4n) is 0.990. The van der Waals surface area contributed by atoms with Crippen LogP contribution < -0.4 is 5.32 Å². The number of benzene rings is 1. The number of alkyl halides is 3. The third-order valence-corrected chi connectivity index (χ3v) is 1.69. The van der Waals surface area contributed by atoms with Crippen molar-refractivity contribution in [3.8, 4) is 0 Å². The van der Waals surface area contributed by atoms with Crippen LogP contribution in [0.3, 0.4) is 0 Å². The Morgan fingerprint density at radius 1 is 1.26 bits per heavy atom. The third kappa shape index (κ3) is 6.05. The average molecular weight is 274 g/mol. The van der Waals surface area contributed by atoms with E-state index in [1.165, 1.54) is 29.6 Å². The highest BCUT2D eigenvalue weighted by atomic mass is 19.4. The van der Waals surface area contributed by atoms with Crippen molar-refractivity contribution >= 4 is 11.7 Å². The van der Waals surface area contributed by atoms with Gasteiger partial charge in [-0.1, -0.05) is 18.2 Å². The first kappa shape index (κ1) is 14.5. The Morgan fingerprint density at radius 2 is 1.89 bits per heavy atom. The van der Waals surface area contributed by atoms with E-state index in [-0.39, 0.29) is 11.4 Å². The molecule has 1 aromatic carbocycles. The first-order valence-corrected chi connectivity index (χ1v) is 4.87. The lowest BCUT2D eigenvalue weighted by molar-refractivity contribution is -0.0999. The maximum absolute atomic E-state index is 11.6. The summed E-state index contributed by atoms with van der Waals surface area (Å²) in [5, 5.41) is 18.3. The molecule has 3 N–H and O–H groups in total. The number of aromatic nitrogens is 3. The van der Waals surface area contributed by atoms with Gasteiger partial charge in [-0.25, -0.2) is 4.79 Å². The van der Waals surface area contributed by atoms with Crippen LogP contribution in [0.25, 0.3) is 0 Å². The van der Waals surface area contributed by atoms with Crippen molar-refractivity contribution < 1.29 is 23.1 Å². The van der Waals surface area contributed by atoms with Crippen molar-refractivity contribution in [2.24, 2.45) is 0 Å². The van der Waals surface area contributed by atoms with Crippen molar-refractivity contribution in [2.45, 2.75) is 6.30 Å². The van der Waals surface area contributed by atoms with Crippen LogP contribution in [0.1, 0.15) is 10.5 Å². The topological polar surface area (TPSA) is 90.9 Å². The average Bonchev–Trinajstić information content (AvgIpc) is 2.82. The summed E-state index contributed by atoms with van der Waals surface area (Å²) in [6, 6.07) is 7.44. The molecule has 2 rings (SSSR count). The molecule has 1 aromatic heterocycles. The van der Waals surface area contributed by atoms with Crippen molar-refractivity contribution in [3.63, 3.8) is 0 Å². The molecule has 2 aromatic rings. The summed E-state index contributed by atoms with van der Waals surface area (Å²) >= 11 is 0. The molecule has 0 aliphatic heterocycles. The molecule has 102 valence electrons. The normalized spacial score (nSPS) is 10.3. The minimum absolute atomic E-state index is 0.0556. The van der Waals surface area contributed by atoms with Crippen LogP contribution in [-0.2, 0) is 0 Å². The van der Waals surface area contributed by atoms with E-state index in [1.54, 1.807) is 6.07 Å². The van der Waals surface area contributed by atoms with Gasteiger partial charge in [0.05, 0.1) is 6.20 Å². The molecule has 0 spiro atoms. The Labute approximate surface area is 105 Å². The van der Waals surface area contributed by atoms with Crippen molar-refractivity contribution in [1.82, 2.24) is 15.4 Å². The summed E-state index contributed by atoms with van der Waals surface area (Å²) < 4.78 is 34.9. The Balaban J connectivity index is 0.000000200. The minimum Gasteiger partial charge on any atom is -0.476 e. The smallest absolute Gasteiger partial charge is 0.476 e. The highest BCUT2D eigenvalue weighted by molar-refractivity contribution is 5.84. The molecule has 0 saturated carbocycles. The molecule has 0 radical (unpaired) electrons. The number of H-pyrrole nitrogens is 1. The second-order valence-corrected chi connectivity index (χ2v) is 3.15. The van der Waals surface area contributed by atoms with Crippen LogP contribution in [-0.4, -0.2) is 32.8 Å². The highest BCUT2D eigenvalue weighted by Gasteiger charge is 2.26. The van der Waals surface area contributed by atoms with Gasteiger partial charge in [-0.3, -0.25) is 5.32 Å². The van der Waals surface area contributed by atoms with Gasteiger partial charge < -0.3 is 5.11 Å². The zero-order valence-corrected chi connectivity index (χ0v) is 9.35. The van der Waals surface area contributed by atoms with E-state index in [1.807, 2.05) is 0 Å². The second kappa shape index (κ2) is 6.38. The summed E-state index contributed by atoms with van der Waals surface area (Å²) in [6.07, 6.45) is -3.20. The largest absolute Gasteiger partial charge is 0.482 e. The van der Waals surface area contributed by atoms with Gasteiger partial charge in [0, 0.05) is 5.69 Å². The molecule has 9 heteroatoms. The van der Waals surface area contributed by atoms with E-state index in [2.05, 4.69) is 15.4 Å². The van der Waals surface area contributed by atoms with Crippen LogP contribution in [0.5, 0.6) is 0 Å². The zero-order chi connectivity index (χ0) is 14.3. The number of carboxylic acid groups (broad SMARTS) is 1. The van der Waals surface area contributed by atoms with E-state index in [9.17, 15) is 18.0 Å². The first-order chi connectivity index (χ1) is 8.88. The van der Waals surface area contributed by atoms with Crippen LogP contribution in [0.4, 0.5) is 18.9 Å². The van der Waals surface area contributed by atoms with E-state index in [0.717, 1.165) is 6.20 Å². The summed E-state index contributed by atoms with van der Waals surface area (Å²) in [4.78, 5) is 9.94. The lowest BCUT2D eigenvalue weighted by Gasteiger charge is -2.08. The number of anilines is 1. The van der Waals surface area contributed by atoms with Gasteiger partial charge in [-0.15, -0.1) is 5.10 Å². The molecule has 6 nitrogen and oxygen atoms in total. The second-order valence-electron chi connectivity index (χ2n) is 3.15. The van der Waals surface area contributed by atoms with E-state index < -0.39 is 12.3 Å². The number of hydrogen-bond donors (Lipinski definition) is 3. The van der Waals surface area contributed by atoms with Gasteiger partial charge in [0.15, 0.2) is 5.69 Å². The van der Waals surface area contributed by atoms with E-state index in [4.69, 9.17) is 5.11 Å². The number of rotatable bonds is 2. The van der Waals surface area contributed by atoms with Crippen LogP contribution in [0.2, 0.25) is 0 Å². The number of hydrogen-bond acceptors (Lipinski definition) is 4. The Hall–Kier alpha value is -2.58. The summed E-state index contributed by atoms with van der Waals surface area (Å²) in [7, 11) is 0. The van der Waals surface area contributed by atoms with Gasteiger partial charge in [0.2, 0.25) is 0 Å². The minimum atomic E-state index is -4.35. The standard InChI is InChI=1S/C7H6F3N.C3H3N3O2/c8-7(9,10)11-6-4-2-1-3-5-6;7-3(8)2-1-4-6-5-2/h1-5,11H;1H,(H,7,8)(H,4,5,6). The molecule has 0 aliphatic rings. The van der Waals surface area contributed by atoms with E-state index >= 15 is 0 Å². The summed E-state index contributed by atoms with van der Waals surface area (Å²) in [5.74, 6) is -1.07. The molecule has 1 heterocycles. The molecule has 0 atom stereocenters. The number of halogens is 3. The van der Waals surface area contributed by atoms with Crippen molar-refractivity contribution in [2.75, 3.05) is 5.32 Å². The van der Waals surface area contributed by atoms with Crippen molar-refractivity contribution in [3.05, 3.63) is 42.2 Å². The van der Waals surface area contributed by atoms with Crippen LogP contribution in [0, 0.1) is 0 Å². The number of aromatic carboxylic acids is 1. The van der Waals surface area contributed by atoms with Crippen molar-refractivity contribution in [1.29, 1.82) is 0 Å². The maximum Gasteiger partial charge on any atom is 0.482 e. The number of nitrogens with one attached hydrogen (secondary N) is 2. The predicted octanol–water partition coefficient (Wildman–Crippen LogP) is 2.12. The Bertz CT molecular complexity index is 499. The number of carboxylic acids is 1. The number of para-hydroxylation sites is 1. The molecule has 0 fully saturated rings.